The lowest BCUT2D eigenvalue weighted by Gasteiger charge is -2.32. The predicted octanol–water partition coefficient (Wildman–Crippen LogP) is -1.09. The van der Waals surface area contributed by atoms with Gasteiger partial charge in [-0.15, -0.1) is 0 Å². The highest BCUT2D eigenvalue weighted by molar-refractivity contribution is 7.99. The molecule has 2 aliphatic rings. The zero-order chi connectivity index (χ0) is 28.5. The number of thioether (sulfide) groups is 1. The molecule has 6 rings (SSSR count). The second-order valence-electron chi connectivity index (χ2n) is 10.2. The standard InChI is InChI=1S/C24H33N13O3S/c25-19-16-22(31-10-30-19)37(11-32-16)23-18(39)17(38)14(40-23)9-41-13-1-4-36(5-2-13)6-3-28-7-12-8-29-21-15(33-12)20(26)34-24(27)35-21/h8,10-11,13-14,17-18,23,28,38-39H,1-7,9H2,(H2,25,30,31)(H4,26,27,29,34,35)/t14-,17?,18+,23-/m1/s1. The van der Waals surface area contributed by atoms with Crippen molar-refractivity contribution in [3.63, 3.8) is 0 Å². The van der Waals surface area contributed by atoms with Gasteiger partial charge in [-0.05, 0) is 25.9 Å². The van der Waals surface area contributed by atoms with Gasteiger partial charge in [0.25, 0.3) is 0 Å². The zero-order valence-corrected chi connectivity index (χ0v) is 23.1. The Bertz CT molecular complexity index is 1520. The number of aliphatic hydroxyl groups is 2. The van der Waals surface area contributed by atoms with E-state index in [4.69, 9.17) is 21.9 Å². The van der Waals surface area contributed by atoms with Crippen LogP contribution in [0.25, 0.3) is 22.3 Å². The number of nitrogens with zero attached hydrogens (tertiary/aromatic N) is 9. The molecule has 2 saturated heterocycles. The monoisotopic (exact) mass is 583 g/mol. The largest absolute Gasteiger partial charge is 0.387 e. The first-order valence-electron chi connectivity index (χ1n) is 13.4. The number of aliphatic hydroxyl groups excluding tert-OH is 2. The third kappa shape index (κ3) is 5.81. The molecule has 4 aromatic heterocycles. The van der Waals surface area contributed by atoms with Gasteiger partial charge in [0.1, 0.15) is 24.1 Å². The van der Waals surface area contributed by atoms with E-state index in [1.54, 1.807) is 22.5 Å². The summed E-state index contributed by atoms with van der Waals surface area (Å²) < 4.78 is 7.68. The summed E-state index contributed by atoms with van der Waals surface area (Å²) in [5, 5.41) is 25.3. The Morgan fingerprint density at radius 1 is 0.976 bits per heavy atom. The normalized spacial score (nSPS) is 24.0. The van der Waals surface area contributed by atoms with Crippen molar-refractivity contribution >= 4 is 51.7 Å². The van der Waals surface area contributed by atoms with Gasteiger partial charge in [0.2, 0.25) is 5.95 Å². The van der Waals surface area contributed by atoms with Crippen molar-refractivity contribution in [1.29, 1.82) is 0 Å². The second-order valence-corrected chi connectivity index (χ2v) is 11.5. The van der Waals surface area contributed by atoms with Crippen molar-refractivity contribution in [1.82, 2.24) is 49.7 Å². The molecule has 0 bridgehead atoms. The molecule has 9 N–H and O–H groups in total. The lowest BCUT2D eigenvalue weighted by atomic mass is 10.1. The number of hydrogen-bond acceptors (Lipinski definition) is 16. The number of nitrogens with one attached hydrogen (secondary N) is 1. The molecule has 2 fully saturated rings. The molecule has 0 saturated carbocycles. The summed E-state index contributed by atoms with van der Waals surface area (Å²) in [6.07, 6.45) is 3.18. The van der Waals surface area contributed by atoms with Crippen LogP contribution < -0.4 is 22.5 Å². The van der Waals surface area contributed by atoms with Crippen LogP contribution in [0.5, 0.6) is 0 Å². The van der Waals surface area contributed by atoms with Crippen molar-refractivity contribution in [2.75, 3.05) is 49.1 Å². The van der Waals surface area contributed by atoms with Crippen molar-refractivity contribution in [3.05, 3.63) is 24.5 Å². The second kappa shape index (κ2) is 11.8. The first-order valence-corrected chi connectivity index (χ1v) is 14.5. The van der Waals surface area contributed by atoms with E-state index in [-0.39, 0.29) is 17.6 Å². The van der Waals surface area contributed by atoms with Gasteiger partial charge in [0, 0.05) is 30.6 Å². The number of aromatic nitrogens is 8. The molecule has 0 spiro atoms. The Kier molecular flexibility index (Phi) is 7.96. The number of nitrogens with two attached hydrogens (primary N) is 3. The van der Waals surface area contributed by atoms with Gasteiger partial charge in [-0.1, -0.05) is 0 Å². The minimum Gasteiger partial charge on any atom is -0.387 e. The highest BCUT2D eigenvalue weighted by atomic mass is 32.2. The van der Waals surface area contributed by atoms with E-state index in [0.717, 1.165) is 44.7 Å². The molecule has 41 heavy (non-hydrogen) atoms. The number of piperidine rings is 1. The summed E-state index contributed by atoms with van der Waals surface area (Å²) >= 11 is 1.78. The maximum atomic E-state index is 10.7. The minimum absolute atomic E-state index is 0.0795. The third-order valence-corrected chi connectivity index (χ3v) is 8.91. The molecule has 218 valence electrons. The maximum absolute atomic E-state index is 10.7. The molecular formula is C24H33N13O3S. The number of ether oxygens (including phenoxy) is 1. The number of hydrogen-bond donors (Lipinski definition) is 6. The minimum atomic E-state index is -1.10. The maximum Gasteiger partial charge on any atom is 0.224 e. The number of imidazole rings is 1. The van der Waals surface area contributed by atoms with Gasteiger partial charge in [-0.2, -0.15) is 21.7 Å². The highest BCUT2D eigenvalue weighted by Crippen LogP contribution is 2.35. The van der Waals surface area contributed by atoms with Gasteiger partial charge >= 0.3 is 0 Å². The molecule has 4 aromatic rings. The van der Waals surface area contributed by atoms with Gasteiger partial charge in [-0.3, -0.25) is 4.57 Å². The summed E-state index contributed by atoms with van der Waals surface area (Å²) in [6.45, 7) is 4.28. The molecular weight excluding hydrogens is 550 g/mol. The van der Waals surface area contributed by atoms with E-state index in [1.165, 1.54) is 12.7 Å². The number of rotatable bonds is 9. The highest BCUT2D eigenvalue weighted by Gasteiger charge is 2.44. The Morgan fingerprint density at radius 2 is 1.80 bits per heavy atom. The van der Waals surface area contributed by atoms with E-state index in [9.17, 15) is 10.2 Å². The average Bonchev–Trinajstić information content (AvgIpc) is 3.52. The molecule has 0 amide bonds. The van der Waals surface area contributed by atoms with Crippen LogP contribution in [0.15, 0.2) is 18.9 Å². The average molecular weight is 584 g/mol. The van der Waals surface area contributed by atoms with E-state index in [1.807, 2.05) is 0 Å². The molecule has 4 atom stereocenters. The van der Waals surface area contributed by atoms with Crippen molar-refractivity contribution in [2.45, 2.75) is 49.2 Å². The summed E-state index contributed by atoms with van der Waals surface area (Å²) in [7, 11) is 0. The quantitative estimate of drug-likeness (QED) is 0.128. The molecule has 0 aromatic carbocycles. The SMILES string of the molecule is Nc1nc(N)c2nc(CNCCN3CCC(SC[C@H]4O[C@@H](n5cnc6c(N)ncnc65)[C@@H](O)C4O)CC3)cnc2n1. The lowest BCUT2D eigenvalue weighted by molar-refractivity contribution is -0.0289. The van der Waals surface area contributed by atoms with Crippen LogP contribution in [0.3, 0.4) is 0 Å². The molecule has 6 heterocycles. The molecule has 0 aliphatic carbocycles. The van der Waals surface area contributed by atoms with Crippen molar-refractivity contribution in [2.24, 2.45) is 0 Å². The zero-order valence-electron chi connectivity index (χ0n) is 22.2. The van der Waals surface area contributed by atoms with Crippen LogP contribution in [0.4, 0.5) is 17.6 Å². The predicted molar refractivity (Wildman–Crippen MR) is 153 cm³/mol. The summed E-state index contributed by atoms with van der Waals surface area (Å²) in [5.74, 6) is 1.14. The third-order valence-electron chi connectivity index (χ3n) is 7.44. The molecule has 1 unspecified atom stereocenters. The van der Waals surface area contributed by atoms with Crippen LogP contribution in [0.2, 0.25) is 0 Å². The van der Waals surface area contributed by atoms with Crippen LogP contribution in [-0.4, -0.2) is 110 Å². The van der Waals surface area contributed by atoms with Crippen molar-refractivity contribution in [3.8, 4) is 0 Å². The number of nitrogen functional groups attached to an aromatic ring is 3. The van der Waals surface area contributed by atoms with Gasteiger partial charge in [-0.25, -0.2) is 24.9 Å². The summed E-state index contributed by atoms with van der Waals surface area (Å²) in [5.41, 5.74) is 19.9. The van der Waals surface area contributed by atoms with E-state index in [0.29, 0.717) is 39.9 Å². The van der Waals surface area contributed by atoms with Crippen molar-refractivity contribution < 1.29 is 14.9 Å². The summed E-state index contributed by atoms with van der Waals surface area (Å²) in [6, 6.07) is 0. The first-order chi connectivity index (χ1) is 19.9. The smallest absolute Gasteiger partial charge is 0.224 e. The Labute approximate surface area is 239 Å². The fraction of sp³-hybridized carbons (Fsp3) is 0.542. The van der Waals surface area contributed by atoms with Crippen LogP contribution in [0, 0.1) is 0 Å². The fourth-order valence-corrected chi connectivity index (χ4v) is 6.49. The van der Waals surface area contributed by atoms with E-state index >= 15 is 0 Å². The Morgan fingerprint density at radius 3 is 2.63 bits per heavy atom. The molecule has 2 aliphatic heterocycles. The fourth-order valence-electron chi connectivity index (χ4n) is 5.20. The van der Waals surface area contributed by atoms with Gasteiger partial charge in [0.05, 0.1) is 24.3 Å². The topological polar surface area (TPSA) is 238 Å². The number of fused-ring (bicyclic) bond motifs is 2. The number of anilines is 3. The number of likely N-dealkylation sites (tertiary alicyclic amines) is 1. The molecule has 0 radical (unpaired) electrons. The van der Waals surface area contributed by atoms with E-state index < -0.39 is 24.5 Å². The Hall–Kier alpha value is -3.48. The van der Waals surface area contributed by atoms with Gasteiger partial charge < -0.3 is 42.4 Å². The molecule has 16 nitrogen and oxygen atoms in total. The van der Waals surface area contributed by atoms with E-state index in [2.05, 4.69) is 45.1 Å². The van der Waals surface area contributed by atoms with Crippen LogP contribution in [0.1, 0.15) is 24.8 Å². The van der Waals surface area contributed by atoms with Crippen LogP contribution in [-0.2, 0) is 11.3 Å². The lowest BCUT2D eigenvalue weighted by Crippen LogP contribution is -2.39. The van der Waals surface area contributed by atoms with Crippen LogP contribution >= 0.6 is 11.8 Å². The first kappa shape index (κ1) is 27.7. The molecule has 17 heteroatoms. The summed E-state index contributed by atoms with van der Waals surface area (Å²) in [4.78, 5) is 31.6. The Balaban J connectivity index is 0.926. The van der Waals surface area contributed by atoms with Gasteiger partial charge in [0.15, 0.2) is 34.7 Å².